The molecule has 0 radical (unpaired) electrons. The lowest BCUT2D eigenvalue weighted by Crippen LogP contribution is -2.35. The molecule has 1 aliphatic heterocycles. The Kier molecular flexibility index (Phi) is 5.93. The van der Waals surface area contributed by atoms with Gasteiger partial charge in [0.1, 0.15) is 0 Å². The van der Waals surface area contributed by atoms with Crippen LogP contribution in [0.4, 0.5) is 5.69 Å². The topological polar surface area (TPSA) is 71.7 Å². The fourth-order valence-electron chi connectivity index (χ4n) is 5.02. The predicted octanol–water partition coefficient (Wildman–Crippen LogP) is 5.76. The molecule has 0 spiro atoms. The van der Waals surface area contributed by atoms with Crippen LogP contribution in [0.3, 0.4) is 0 Å². The lowest BCUT2D eigenvalue weighted by Gasteiger charge is -2.30. The summed E-state index contributed by atoms with van der Waals surface area (Å²) in [5, 5.41) is 2.27. The first kappa shape index (κ1) is 23.6. The molecule has 6 rings (SSSR count). The van der Waals surface area contributed by atoms with Gasteiger partial charge >= 0.3 is 0 Å². The van der Waals surface area contributed by atoms with E-state index < -0.39 is 15.9 Å². The molecule has 0 saturated carbocycles. The van der Waals surface area contributed by atoms with Crippen LogP contribution < -0.4 is 9.11 Å². The second kappa shape index (κ2) is 9.28. The van der Waals surface area contributed by atoms with E-state index in [4.69, 9.17) is 0 Å². The van der Waals surface area contributed by atoms with Gasteiger partial charge in [0.2, 0.25) is 0 Å². The molecule has 0 saturated heterocycles. The number of amides is 1. The van der Waals surface area contributed by atoms with Gasteiger partial charge in [-0.05, 0) is 67.1 Å². The van der Waals surface area contributed by atoms with Crippen LogP contribution in [0.2, 0.25) is 0 Å². The Balaban J connectivity index is 1.35. The van der Waals surface area contributed by atoms with Gasteiger partial charge in [-0.15, -0.1) is 0 Å². The maximum Gasteiger partial charge on any atom is 0.279 e. The third-order valence-electron chi connectivity index (χ3n) is 6.84. The summed E-state index contributed by atoms with van der Waals surface area (Å²) in [7, 11) is -3.74. The standard InChI is InChI=1S/C29H25N3O3S2/c1-2-31-27-24-11-5-3-8-20(24)15-18-26(27)36-29(31)30-28(33)22-13-16-23(17-14-22)37(34,35)32-19-7-10-21-9-4-6-12-25(21)32/h3-6,8-9,11-18H,2,7,10,19H2,1H3. The summed E-state index contributed by atoms with van der Waals surface area (Å²) in [5.41, 5.74) is 3.18. The fraction of sp³-hybridized carbons (Fsp3) is 0.172. The molecule has 186 valence electrons. The van der Waals surface area contributed by atoms with Crippen molar-refractivity contribution < 1.29 is 13.2 Å². The zero-order valence-electron chi connectivity index (χ0n) is 20.3. The molecule has 0 atom stereocenters. The van der Waals surface area contributed by atoms with E-state index >= 15 is 0 Å². The van der Waals surface area contributed by atoms with E-state index in [9.17, 15) is 13.2 Å². The van der Waals surface area contributed by atoms with E-state index in [0.29, 0.717) is 23.5 Å². The highest BCUT2D eigenvalue weighted by atomic mass is 32.2. The summed E-state index contributed by atoms with van der Waals surface area (Å²) in [6.45, 7) is 3.15. The lowest BCUT2D eigenvalue weighted by molar-refractivity contribution is 0.0997. The van der Waals surface area contributed by atoms with Gasteiger partial charge in [-0.2, -0.15) is 4.99 Å². The third-order valence-corrected chi connectivity index (χ3v) is 9.71. The number of hydrogen-bond donors (Lipinski definition) is 0. The summed E-state index contributed by atoms with van der Waals surface area (Å²) in [5.74, 6) is -0.398. The van der Waals surface area contributed by atoms with Crippen LogP contribution in [0.25, 0.3) is 21.0 Å². The number of fused-ring (bicyclic) bond motifs is 4. The Bertz CT molecular complexity index is 1830. The number of rotatable bonds is 4. The SMILES string of the molecule is CCn1c(=NC(=O)c2ccc(S(=O)(=O)N3CCCc4ccccc43)cc2)sc2ccc3ccccc3c21. The van der Waals surface area contributed by atoms with Gasteiger partial charge in [-0.1, -0.05) is 59.9 Å². The second-order valence-corrected chi connectivity index (χ2v) is 11.9. The number of aryl methyl sites for hydroxylation is 2. The number of carbonyl (C=O) groups is 1. The van der Waals surface area contributed by atoms with Crippen molar-refractivity contribution in [3.8, 4) is 0 Å². The van der Waals surface area contributed by atoms with E-state index in [1.807, 2.05) is 43.3 Å². The van der Waals surface area contributed by atoms with Crippen molar-refractivity contribution in [3.05, 3.63) is 101 Å². The van der Waals surface area contributed by atoms with Crippen molar-refractivity contribution in [2.45, 2.75) is 31.2 Å². The van der Waals surface area contributed by atoms with Crippen molar-refractivity contribution in [2.24, 2.45) is 4.99 Å². The van der Waals surface area contributed by atoms with E-state index in [1.54, 1.807) is 12.1 Å². The largest absolute Gasteiger partial charge is 0.316 e. The number of sulfonamides is 1. The third kappa shape index (κ3) is 4.06. The Morgan fingerprint density at radius 1 is 0.946 bits per heavy atom. The molecule has 0 unspecified atom stereocenters. The van der Waals surface area contributed by atoms with Gasteiger partial charge in [0, 0.05) is 24.0 Å². The minimum Gasteiger partial charge on any atom is -0.316 e. The van der Waals surface area contributed by atoms with Crippen molar-refractivity contribution in [1.82, 2.24) is 4.57 Å². The van der Waals surface area contributed by atoms with Crippen LogP contribution in [0.5, 0.6) is 0 Å². The Morgan fingerprint density at radius 2 is 1.70 bits per heavy atom. The zero-order chi connectivity index (χ0) is 25.6. The van der Waals surface area contributed by atoms with Crippen LogP contribution in [-0.4, -0.2) is 25.4 Å². The maximum atomic E-state index is 13.4. The van der Waals surface area contributed by atoms with Gasteiger partial charge in [0.25, 0.3) is 15.9 Å². The van der Waals surface area contributed by atoms with Crippen molar-refractivity contribution >= 4 is 53.9 Å². The number of anilines is 1. The second-order valence-electron chi connectivity index (χ2n) is 9.01. The highest BCUT2D eigenvalue weighted by Crippen LogP contribution is 2.32. The van der Waals surface area contributed by atoms with Crippen LogP contribution in [-0.2, 0) is 23.0 Å². The summed E-state index contributed by atoms with van der Waals surface area (Å²) in [4.78, 5) is 18.3. The molecule has 0 bridgehead atoms. The Hall–Kier alpha value is -3.75. The minimum atomic E-state index is -3.74. The first-order chi connectivity index (χ1) is 18.0. The van der Waals surface area contributed by atoms with Crippen LogP contribution in [0.1, 0.15) is 29.3 Å². The van der Waals surface area contributed by atoms with E-state index in [2.05, 4.69) is 33.8 Å². The van der Waals surface area contributed by atoms with Crippen LogP contribution in [0.15, 0.2) is 94.8 Å². The number of benzene rings is 4. The maximum absolute atomic E-state index is 13.4. The van der Waals surface area contributed by atoms with E-state index in [1.165, 1.54) is 27.8 Å². The number of carbonyl (C=O) groups excluding carboxylic acids is 1. The van der Waals surface area contributed by atoms with Crippen LogP contribution >= 0.6 is 11.3 Å². The molecule has 6 nitrogen and oxygen atoms in total. The molecule has 1 aliphatic rings. The number of nitrogens with zero attached hydrogens (tertiary/aromatic N) is 3. The van der Waals surface area contributed by atoms with Crippen molar-refractivity contribution in [3.63, 3.8) is 0 Å². The summed E-state index contributed by atoms with van der Waals surface area (Å²) >= 11 is 1.48. The van der Waals surface area contributed by atoms with Gasteiger partial charge in [-0.3, -0.25) is 9.10 Å². The summed E-state index contributed by atoms with van der Waals surface area (Å²) < 4.78 is 31.5. The average molecular weight is 528 g/mol. The smallest absolute Gasteiger partial charge is 0.279 e. The molecule has 2 heterocycles. The summed E-state index contributed by atoms with van der Waals surface area (Å²) in [6.07, 6.45) is 1.63. The Morgan fingerprint density at radius 3 is 2.51 bits per heavy atom. The van der Waals surface area contributed by atoms with Gasteiger partial charge in [0.15, 0.2) is 4.80 Å². The van der Waals surface area contributed by atoms with Crippen molar-refractivity contribution in [1.29, 1.82) is 0 Å². The highest BCUT2D eigenvalue weighted by Gasteiger charge is 2.29. The fourth-order valence-corrected chi connectivity index (χ4v) is 7.67. The number of hydrogen-bond acceptors (Lipinski definition) is 4. The number of para-hydroxylation sites is 1. The average Bonchev–Trinajstić information content (AvgIpc) is 3.30. The number of aromatic nitrogens is 1. The lowest BCUT2D eigenvalue weighted by atomic mass is 10.0. The normalized spacial score (nSPS) is 14.3. The number of thiazole rings is 1. The zero-order valence-corrected chi connectivity index (χ0v) is 21.9. The highest BCUT2D eigenvalue weighted by molar-refractivity contribution is 7.92. The van der Waals surface area contributed by atoms with E-state index in [0.717, 1.165) is 45.1 Å². The molecule has 5 aromatic rings. The van der Waals surface area contributed by atoms with Crippen LogP contribution in [0, 0.1) is 0 Å². The Labute approximate surface area is 219 Å². The predicted molar refractivity (Wildman–Crippen MR) is 149 cm³/mol. The molecule has 1 aromatic heterocycles. The molecule has 1 amide bonds. The molecule has 0 N–H and O–H groups in total. The molecular formula is C29H25N3O3S2. The quantitative estimate of drug-likeness (QED) is 0.298. The van der Waals surface area contributed by atoms with Gasteiger partial charge in [-0.25, -0.2) is 8.42 Å². The van der Waals surface area contributed by atoms with Crippen molar-refractivity contribution in [2.75, 3.05) is 10.8 Å². The molecule has 8 heteroatoms. The first-order valence-electron chi connectivity index (χ1n) is 12.3. The molecular weight excluding hydrogens is 502 g/mol. The molecule has 4 aromatic carbocycles. The monoisotopic (exact) mass is 527 g/mol. The first-order valence-corrected chi connectivity index (χ1v) is 14.5. The van der Waals surface area contributed by atoms with E-state index in [-0.39, 0.29) is 4.90 Å². The van der Waals surface area contributed by atoms with Gasteiger partial charge in [0.05, 0.1) is 20.8 Å². The summed E-state index contributed by atoms with van der Waals surface area (Å²) in [6, 6.07) is 26.0. The molecule has 37 heavy (non-hydrogen) atoms. The molecule has 0 fully saturated rings. The minimum absolute atomic E-state index is 0.165. The van der Waals surface area contributed by atoms with Gasteiger partial charge < -0.3 is 4.57 Å². The molecule has 0 aliphatic carbocycles.